The van der Waals surface area contributed by atoms with Gasteiger partial charge in [-0.15, -0.1) is 0 Å². The van der Waals surface area contributed by atoms with Crippen LogP contribution in [0.3, 0.4) is 0 Å². The van der Waals surface area contributed by atoms with Gasteiger partial charge in [0.2, 0.25) is 5.91 Å². The molecule has 1 heterocycles. The predicted molar refractivity (Wildman–Crippen MR) is 96.4 cm³/mol. The lowest BCUT2D eigenvalue weighted by Crippen LogP contribution is -2.42. The molecule has 0 saturated heterocycles. The number of nitrogens with zero attached hydrogens (tertiary/aromatic N) is 2. The summed E-state index contributed by atoms with van der Waals surface area (Å²) in [6.07, 6.45) is 0. The van der Waals surface area contributed by atoms with Crippen LogP contribution in [0.4, 0.5) is 0 Å². The van der Waals surface area contributed by atoms with Crippen LogP contribution < -0.4 is 4.74 Å². The van der Waals surface area contributed by atoms with Gasteiger partial charge < -0.3 is 9.64 Å². The van der Waals surface area contributed by atoms with Crippen LogP contribution in [-0.4, -0.2) is 54.3 Å². The summed E-state index contributed by atoms with van der Waals surface area (Å²) in [6.45, 7) is 0.320. The minimum Gasteiger partial charge on any atom is -0.492 e. The third kappa shape index (κ3) is 3.70. The number of imide groups is 1. The zero-order valence-corrected chi connectivity index (χ0v) is 14.9. The van der Waals surface area contributed by atoms with Gasteiger partial charge in [-0.1, -0.05) is 23.7 Å². The fourth-order valence-electron chi connectivity index (χ4n) is 2.59. The average Bonchev–Trinajstić information content (AvgIpc) is 2.88. The standard InChI is InChI=1S/C19H17ClN2O4/c1-21(10-11-26-14-8-6-13(20)7-9-14)17(23)12-22-18(24)15-4-2-3-5-16(15)19(22)25/h2-9H,10-12H2,1H3. The molecule has 0 fully saturated rings. The van der Waals surface area contributed by atoms with E-state index in [0.29, 0.717) is 28.4 Å². The Kier molecular flexibility index (Phi) is 5.23. The number of carbonyl (C=O) groups excluding carboxylic acids is 3. The Morgan fingerprint density at radius 3 is 2.19 bits per heavy atom. The third-order valence-corrected chi connectivity index (χ3v) is 4.36. The van der Waals surface area contributed by atoms with Gasteiger partial charge >= 0.3 is 0 Å². The number of amides is 3. The van der Waals surface area contributed by atoms with E-state index in [2.05, 4.69) is 0 Å². The van der Waals surface area contributed by atoms with Crippen molar-refractivity contribution in [1.29, 1.82) is 0 Å². The molecule has 26 heavy (non-hydrogen) atoms. The molecule has 2 aromatic rings. The highest BCUT2D eigenvalue weighted by Crippen LogP contribution is 2.22. The first-order chi connectivity index (χ1) is 12.5. The van der Waals surface area contributed by atoms with Crippen molar-refractivity contribution in [2.24, 2.45) is 0 Å². The van der Waals surface area contributed by atoms with Crippen molar-refractivity contribution >= 4 is 29.3 Å². The van der Waals surface area contributed by atoms with E-state index < -0.39 is 11.8 Å². The Balaban J connectivity index is 1.52. The van der Waals surface area contributed by atoms with E-state index in [1.165, 1.54) is 4.90 Å². The number of ether oxygens (including phenoxy) is 1. The number of benzene rings is 2. The molecule has 3 rings (SSSR count). The van der Waals surface area contributed by atoms with E-state index >= 15 is 0 Å². The molecule has 1 aliphatic rings. The number of hydrogen-bond donors (Lipinski definition) is 0. The minimum atomic E-state index is -0.440. The normalized spacial score (nSPS) is 12.9. The van der Waals surface area contributed by atoms with Crippen molar-refractivity contribution in [3.05, 3.63) is 64.7 Å². The first-order valence-corrected chi connectivity index (χ1v) is 8.42. The van der Waals surface area contributed by atoms with Gasteiger partial charge in [-0.05, 0) is 36.4 Å². The molecule has 0 aromatic heterocycles. The molecule has 3 amide bonds. The quantitative estimate of drug-likeness (QED) is 0.730. The van der Waals surface area contributed by atoms with Crippen LogP contribution in [-0.2, 0) is 4.79 Å². The Morgan fingerprint density at radius 2 is 1.62 bits per heavy atom. The molecule has 2 aromatic carbocycles. The Labute approximate surface area is 155 Å². The van der Waals surface area contributed by atoms with Crippen LogP contribution in [0.15, 0.2) is 48.5 Å². The maximum absolute atomic E-state index is 12.3. The maximum atomic E-state index is 12.3. The van der Waals surface area contributed by atoms with Gasteiger partial charge in [-0.25, -0.2) is 0 Å². The zero-order chi connectivity index (χ0) is 18.7. The largest absolute Gasteiger partial charge is 0.492 e. The van der Waals surface area contributed by atoms with Crippen molar-refractivity contribution in [2.75, 3.05) is 26.7 Å². The van der Waals surface area contributed by atoms with Crippen molar-refractivity contribution in [3.8, 4) is 5.75 Å². The number of rotatable bonds is 6. The van der Waals surface area contributed by atoms with Gasteiger partial charge in [0.25, 0.3) is 11.8 Å². The molecule has 0 aliphatic carbocycles. The maximum Gasteiger partial charge on any atom is 0.262 e. The predicted octanol–water partition coefficient (Wildman–Crippen LogP) is 2.47. The summed E-state index contributed by atoms with van der Waals surface area (Å²) >= 11 is 5.81. The topological polar surface area (TPSA) is 66.9 Å². The molecule has 7 heteroatoms. The smallest absolute Gasteiger partial charge is 0.262 e. The summed E-state index contributed by atoms with van der Waals surface area (Å²) in [4.78, 5) is 39.3. The van der Waals surface area contributed by atoms with E-state index in [4.69, 9.17) is 16.3 Å². The Bertz CT molecular complexity index is 816. The number of carbonyl (C=O) groups is 3. The van der Waals surface area contributed by atoms with Gasteiger partial charge in [0, 0.05) is 12.1 Å². The number of hydrogen-bond acceptors (Lipinski definition) is 4. The van der Waals surface area contributed by atoms with Gasteiger partial charge in [-0.2, -0.15) is 0 Å². The second-order valence-corrected chi connectivity index (χ2v) is 6.30. The summed E-state index contributed by atoms with van der Waals surface area (Å²) in [5, 5.41) is 0.616. The highest BCUT2D eigenvalue weighted by Gasteiger charge is 2.36. The van der Waals surface area contributed by atoms with E-state index in [9.17, 15) is 14.4 Å². The summed E-state index contributed by atoms with van der Waals surface area (Å²) in [5.74, 6) is -0.565. The first-order valence-electron chi connectivity index (χ1n) is 8.05. The molecule has 0 bridgehead atoms. The molecule has 0 N–H and O–H groups in total. The zero-order valence-electron chi connectivity index (χ0n) is 14.1. The SMILES string of the molecule is CN(CCOc1ccc(Cl)cc1)C(=O)CN1C(=O)c2ccccc2C1=O. The van der Waals surface area contributed by atoms with E-state index in [0.717, 1.165) is 4.90 Å². The molecule has 0 saturated carbocycles. The number of likely N-dealkylation sites (N-methyl/N-ethyl adjacent to an activating group) is 1. The van der Waals surface area contributed by atoms with Crippen molar-refractivity contribution in [1.82, 2.24) is 9.80 Å². The monoisotopic (exact) mass is 372 g/mol. The summed E-state index contributed by atoms with van der Waals surface area (Å²) < 4.78 is 5.54. The fraction of sp³-hybridized carbons (Fsp3) is 0.211. The average molecular weight is 373 g/mol. The lowest BCUT2D eigenvalue weighted by molar-refractivity contribution is -0.130. The highest BCUT2D eigenvalue weighted by atomic mass is 35.5. The van der Waals surface area contributed by atoms with Crippen LogP contribution in [0.5, 0.6) is 5.75 Å². The lowest BCUT2D eigenvalue weighted by atomic mass is 10.1. The van der Waals surface area contributed by atoms with Crippen LogP contribution in [0.2, 0.25) is 5.02 Å². The van der Waals surface area contributed by atoms with Crippen LogP contribution in [0.1, 0.15) is 20.7 Å². The third-order valence-electron chi connectivity index (χ3n) is 4.11. The second kappa shape index (κ2) is 7.58. The highest BCUT2D eigenvalue weighted by molar-refractivity contribution is 6.30. The number of halogens is 1. The van der Waals surface area contributed by atoms with Crippen molar-refractivity contribution in [2.45, 2.75) is 0 Å². The summed E-state index contributed by atoms with van der Waals surface area (Å²) in [5.41, 5.74) is 0.665. The van der Waals surface area contributed by atoms with Crippen LogP contribution >= 0.6 is 11.6 Å². The molecule has 0 radical (unpaired) electrons. The Hall–Kier alpha value is -2.86. The van der Waals surface area contributed by atoms with Crippen molar-refractivity contribution in [3.63, 3.8) is 0 Å². The molecule has 0 unspecified atom stereocenters. The molecule has 0 spiro atoms. The molecule has 0 atom stereocenters. The van der Waals surface area contributed by atoms with Gasteiger partial charge in [0.1, 0.15) is 18.9 Å². The van der Waals surface area contributed by atoms with E-state index in [-0.39, 0.29) is 19.1 Å². The van der Waals surface area contributed by atoms with Gasteiger partial charge in [0.15, 0.2) is 0 Å². The van der Waals surface area contributed by atoms with Gasteiger partial charge in [-0.3, -0.25) is 19.3 Å². The number of fused-ring (bicyclic) bond motifs is 1. The first kappa shape index (κ1) is 17.9. The fourth-order valence-corrected chi connectivity index (χ4v) is 2.72. The van der Waals surface area contributed by atoms with E-state index in [1.54, 1.807) is 55.6 Å². The van der Waals surface area contributed by atoms with Gasteiger partial charge in [0.05, 0.1) is 17.7 Å². The minimum absolute atomic E-state index is 0.284. The molecule has 1 aliphatic heterocycles. The summed E-state index contributed by atoms with van der Waals surface area (Å²) in [7, 11) is 1.60. The lowest BCUT2D eigenvalue weighted by Gasteiger charge is -2.20. The molecular formula is C19H17ClN2O4. The van der Waals surface area contributed by atoms with E-state index in [1.807, 2.05) is 0 Å². The van der Waals surface area contributed by atoms with Crippen LogP contribution in [0.25, 0.3) is 0 Å². The van der Waals surface area contributed by atoms with Crippen LogP contribution in [0, 0.1) is 0 Å². The Morgan fingerprint density at radius 1 is 1.04 bits per heavy atom. The molecule has 6 nitrogen and oxygen atoms in total. The molecule has 134 valence electrons. The van der Waals surface area contributed by atoms with Crippen molar-refractivity contribution < 1.29 is 19.1 Å². The second-order valence-electron chi connectivity index (χ2n) is 5.86. The molecular weight excluding hydrogens is 356 g/mol. The summed E-state index contributed by atoms with van der Waals surface area (Å²) in [6, 6.07) is 13.5.